The van der Waals surface area contributed by atoms with Crippen LogP contribution in [0.25, 0.3) is 0 Å². The van der Waals surface area contributed by atoms with Crippen LogP contribution in [0.1, 0.15) is 75.8 Å². The summed E-state index contributed by atoms with van der Waals surface area (Å²) in [7, 11) is 0. The molecule has 2 nitrogen and oxygen atoms in total. The Balaban J connectivity index is 1.78. The summed E-state index contributed by atoms with van der Waals surface area (Å²) in [5.41, 5.74) is 2.72. The van der Waals surface area contributed by atoms with Gasteiger partial charge in [-0.2, -0.15) is 0 Å². The van der Waals surface area contributed by atoms with E-state index in [9.17, 15) is 0 Å². The summed E-state index contributed by atoms with van der Waals surface area (Å²) in [6.45, 7) is 8.69. The van der Waals surface area contributed by atoms with Crippen molar-refractivity contribution in [3.63, 3.8) is 0 Å². The van der Waals surface area contributed by atoms with Gasteiger partial charge in [0.25, 0.3) is 0 Å². The van der Waals surface area contributed by atoms with Crippen LogP contribution < -0.4 is 10.6 Å². The van der Waals surface area contributed by atoms with Gasteiger partial charge in [-0.1, -0.05) is 88.1 Å². The van der Waals surface area contributed by atoms with E-state index in [0.717, 1.165) is 19.6 Å². The molecule has 1 aromatic rings. The van der Waals surface area contributed by atoms with Gasteiger partial charge in [-0.3, -0.25) is 0 Å². The van der Waals surface area contributed by atoms with E-state index in [0.29, 0.717) is 0 Å². The number of rotatable bonds is 15. The molecule has 0 fully saturated rings. The number of hydrogen-bond acceptors (Lipinski definition) is 2. The third kappa shape index (κ3) is 12.3. The van der Waals surface area contributed by atoms with Crippen molar-refractivity contribution >= 4 is 0 Å². The standard InChI is InChI=1S/C21H38N2/c1-3-4-5-6-7-8-9-10-11-15-22-16-17-23-19-21-14-12-13-20(2)18-21/h12-14,18,22-23H,3-11,15-17,19H2,1-2H3. The second kappa shape index (κ2) is 14.7. The SMILES string of the molecule is CCCCCCCCCCCNCCNCc1cccc(C)c1. The Labute approximate surface area is 144 Å². The van der Waals surface area contributed by atoms with Crippen molar-refractivity contribution < 1.29 is 0 Å². The van der Waals surface area contributed by atoms with E-state index in [1.807, 2.05) is 0 Å². The molecule has 1 rings (SSSR count). The molecule has 0 bridgehead atoms. The van der Waals surface area contributed by atoms with Gasteiger partial charge in [0.1, 0.15) is 0 Å². The third-order valence-electron chi connectivity index (χ3n) is 4.35. The van der Waals surface area contributed by atoms with Crippen molar-refractivity contribution in [3.05, 3.63) is 35.4 Å². The maximum Gasteiger partial charge on any atom is 0.0206 e. The number of benzene rings is 1. The minimum atomic E-state index is 0.974. The Morgan fingerprint density at radius 1 is 0.739 bits per heavy atom. The lowest BCUT2D eigenvalue weighted by atomic mass is 10.1. The van der Waals surface area contributed by atoms with Gasteiger partial charge >= 0.3 is 0 Å². The molecule has 2 N–H and O–H groups in total. The van der Waals surface area contributed by atoms with Gasteiger partial charge in [-0.15, -0.1) is 0 Å². The predicted octanol–water partition coefficient (Wildman–Crippen LogP) is 5.21. The predicted molar refractivity (Wildman–Crippen MR) is 103 cm³/mol. The van der Waals surface area contributed by atoms with E-state index < -0.39 is 0 Å². The van der Waals surface area contributed by atoms with E-state index >= 15 is 0 Å². The average Bonchev–Trinajstić information content (AvgIpc) is 2.55. The lowest BCUT2D eigenvalue weighted by Crippen LogP contribution is -2.27. The zero-order valence-electron chi connectivity index (χ0n) is 15.5. The van der Waals surface area contributed by atoms with Crippen LogP contribution in [0.4, 0.5) is 0 Å². The molecule has 0 amide bonds. The first kappa shape index (κ1) is 20.2. The Hall–Kier alpha value is -0.860. The molecule has 0 heterocycles. The highest BCUT2D eigenvalue weighted by molar-refractivity contribution is 5.21. The minimum Gasteiger partial charge on any atom is -0.315 e. The normalized spacial score (nSPS) is 11.0. The second-order valence-corrected chi connectivity index (χ2v) is 6.74. The maximum absolute atomic E-state index is 3.54. The van der Waals surface area contributed by atoms with E-state index in [1.165, 1.54) is 75.5 Å². The molecular weight excluding hydrogens is 280 g/mol. The van der Waals surface area contributed by atoms with Crippen LogP contribution in [-0.4, -0.2) is 19.6 Å². The molecule has 0 aliphatic carbocycles. The summed E-state index contributed by atoms with van der Waals surface area (Å²) in [5.74, 6) is 0. The van der Waals surface area contributed by atoms with Crippen LogP contribution in [0.5, 0.6) is 0 Å². The van der Waals surface area contributed by atoms with Crippen LogP contribution in [0.2, 0.25) is 0 Å². The summed E-state index contributed by atoms with van der Waals surface area (Å²) < 4.78 is 0. The van der Waals surface area contributed by atoms with Crippen LogP contribution in [0.3, 0.4) is 0 Å². The molecule has 0 aromatic heterocycles. The summed E-state index contributed by atoms with van der Waals surface area (Å²) in [6.07, 6.45) is 12.7. The van der Waals surface area contributed by atoms with Gasteiger partial charge in [-0.25, -0.2) is 0 Å². The zero-order valence-corrected chi connectivity index (χ0v) is 15.5. The van der Waals surface area contributed by atoms with E-state index in [2.05, 4.69) is 48.7 Å². The first-order valence-electron chi connectivity index (χ1n) is 9.80. The topological polar surface area (TPSA) is 24.1 Å². The largest absolute Gasteiger partial charge is 0.315 e. The third-order valence-corrected chi connectivity index (χ3v) is 4.35. The van der Waals surface area contributed by atoms with Crippen molar-refractivity contribution in [1.82, 2.24) is 10.6 Å². The first-order valence-corrected chi connectivity index (χ1v) is 9.80. The monoisotopic (exact) mass is 318 g/mol. The van der Waals surface area contributed by atoms with Gasteiger partial charge in [0.2, 0.25) is 0 Å². The molecule has 0 radical (unpaired) electrons. The molecule has 0 unspecified atom stereocenters. The fourth-order valence-corrected chi connectivity index (χ4v) is 2.92. The van der Waals surface area contributed by atoms with Crippen molar-refractivity contribution in [2.24, 2.45) is 0 Å². The summed E-state index contributed by atoms with van der Waals surface area (Å²) >= 11 is 0. The van der Waals surface area contributed by atoms with Crippen molar-refractivity contribution in [2.45, 2.75) is 78.2 Å². The van der Waals surface area contributed by atoms with Crippen molar-refractivity contribution in [1.29, 1.82) is 0 Å². The lowest BCUT2D eigenvalue weighted by Gasteiger charge is -2.07. The highest BCUT2D eigenvalue weighted by Gasteiger charge is 1.94. The van der Waals surface area contributed by atoms with Crippen LogP contribution in [0, 0.1) is 6.92 Å². The van der Waals surface area contributed by atoms with Crippen molar-refractivity contribution in [2.75, 3.05) is 19.6 Å². The molecule has 0 atom stereocenters. The molecule has 0 spiro atoms. The number of nitrogens with one attached hydrogen (secondary N) is 2. The summed E-state index contributed by atoms with van der Waals surface area (Å²) in [5, 5.41) is 7.04. The number of hydrogen-bond donors (Lipinski definition) is 2. The lowest BCUT2D eigenvalue weighted by molar-refractivity contribution is 0.542. The number of aryl methyl sites for hydroxylation is 1. The van der Waals surface area contributed by atoms with E-state index in [-0.39, 0.29) is 0 Å². The first-order chi connectivity index (χ1) is 11.3. The van der Waals surface area contributed by atoms with Gasteiger partial charge in [0.15, 0.2) is 0 Å². The molecular formula is C21H38N2. The minimum absolute atomic E-state index is 0.974. The molecule has 132 valence electrons. The van der Waals surface area contributed by atoms with Gasteiger partial charge in [-0.05, 0) is 25.5 Å². The molecule has 0 saturated heterocycles. The molecule has 2 heteroatoms. The second-order valence-electron chi connectivity index (χ2n) is 6.74. The molecule has 1 aromatic carbocycles. The molecule has 0 saturated carbocycles. The Morgan fingerprint density at radius 2 is 1.39 bits per heavy atom. The fraction of sp³-hybridized carbons (Fsp3) is 0.714. The Kier molecular flexibility index (Phi) is 12.9. The van der Waals surface area contributed by atoms with Crippen molar-refractivity contribution in [3.8, 4) is 0 Å². The van der Waals surface area contributed by atoms with Crippen LogP contribution >= 0.6 is 0 Å². The maximum atomic E-state index is 3.54. The van der Waals surface area contributed by atoms with Crippen LogP contribution in [-0.2, 0) is 6.54 Å². The molecule has 0 aliphatic heterocycles. The van der Waals surface area contributed by atoms with E-state index in [4.69, 9.17) is 0 Å². The highest BCUT2D eigenvalue weighted by atomic mass is 14.9. The summed E-state index contributed by atoms with van der Waals surface area (Å²) in [4.78, 5) is 0. The molecule has 23 heavy (non-hydrogen) atoms. The zero-order chi connectivity index (χ0) is 16.6. The van der Waals surface area contributed by atoms with Gasteiger partial charge < -0.3 is 10.6 Å². The quantitative estimate of drug-likeness (QED) is 0.434. The fourth-order valence-electron chi connectivity index (χ4n) is 2.92. The van der Waals surface area contributed by atoms with Crippen LogP contribution in [0.15, 0.2) is 24.3 Å². The Morgan fingerprint density at radius 3 is 2.09 bits per heavy atom. The summed E-state index contributed by atoms with van der Waals surface area (Å²) in [6, 6.07) is 8.73. The molecule has 0 aliphatic rings. The Bertz CT molecular complexity index is 376. The van der Waals surface area contributed by atoms with E-state index in [1.54, 1.807) is 0 Å². The average molecular weight is 319 g/mol. The smallest absolute Gasteiger partial charge is 0.0206 e. The highest BCUT2D eigenvalue weighted by Crippen LogP contribution is 2.09. The van der Waals surface area contributed by atoms with Gasteiger partial charge in [0.05, 0.1) is 0 Å². The number of unbranched alkanes of at least 4 members (excludes halogenated alkanes) is 8. The van der Waals surface area contributed by atoms with Gasteiger partial charge in [0, 0.05) is 19.6 Å².